The van der Waals surface area contributed by atoms with Gasteiger partial charge in [-0.1, -0.05) is 0 Å². The molecular weight excluding hydrogens is 500 g/mol. The van der Waals surface area contributed by atoms with Gasteiger partial charge in [-0.15, -0.1) is 52.4 Å². The maximum atomic E-state index is 4.26. The van der Waals surface area contributed by atoms with E-state index < -0.39 is 0 Å². The van der Waals surface area contributed by atoms with E-state index in [0.29, 0.717) is 0 Å². The van der Waals surface area contributed by atoms with E-state index in [9.17, 15) is 0 Å². The molecule has 8 heterocycles. The molecular formula is C20H36N12Zr-8. The molecule has 0 radical (unpaired) electrons. The summed E-state index contributed by atoms with van der Waals surface area (Å²) in [4.78, 5) is 9.22. The van der Waals surface area contributed by atoms with Gasteiger partial charge in [0.05, 0.1) is 0 Å². The molecule has 8 aliphatic heterocycles. The van der Waals surface area contributed by atoms with Gasteiger partial charge in [0, 0.05) is 26.2 Å². The molecule has 0 bridgehead atoms. The van der Waals surface area contributed by atoms with Gasteiger partial charge in [0.1, 0.15) is 0 Å². The molecule has 8 saturated heterocycles. The Balaban J connectivity index is 0.000000104. The topological polar surface area (TPSA) is 126 Å². The van der Waals surface area contributed by atoms with Crippen LogP contribution in [0.1, 0.15) is 0 Å². The third kappa shape index (κ3) is 7.22. The van der Waals surface area contributed by atoms with Crippen LogP contribution in [0.4, 0.5) is 0 Å². The number of hydrogen-bond acceptors (Lipinski definition) is 4. The van der Waals surface area contributed by atoms with Gasteiger partial charge in [-0.05, 0) is 52.4 Å². The van der Waals surface area contributed by atoms with Crippen molar-refractivity contribution in [3.05, 3.63) is 42.5 Å². The molecule has 0 unspecified atom stereocenters. The van der Waals surface area contributed by atoms with Gasteiger partial charge >= 0.3 is 0 Å². The molecule has 8 aliphatic rings. The summed E-state index contributed by atoms with van der Waals surface area (Å²) in [5.74, 6) is 0. The van der Waals surface area contributed by atoms with Crippen LogP contribution in [0.2, 0.25) is 0 Å². The Morgan fingerprint density at radius 3 is 0.576 bits per heavy atom. The zero-order chi connectivity index (χ0) is 21.6. The van der Waals surface area contributed by atoms with Gasteiger partial charge in [-0.2, -0.15) is 25.2 Å². The summed E-state index contributed by atoms with van der Waals surface area (Å²) in [6.45, 7) is 17.0. The summed E-state index contributed by atoms with van der Waals surface area (Å²) < 4.78 is 0. The fourth-order valence-electron chi connectivity index (χ4n) is 4.94. The Morgan fingerprint density at radius 1 is 0.303 bits per heavy atom. The summed E-state index contributed by atoms with van der Waals surface area (Å²) >= 11 is 0. The number of fused-ring (bicyclic) bond motifs is 4. The van der Waals surface area contributed by atoms with Crippen molar-refractivity contribution in [2.75, 3.05) is 105 Å². The Hall–Kier alpha value is 0.403. The third-order valence-electron chi connectivity index (χ3n) is 6.74. The van der Waals surface area contributed by atoms with Gasteiger partial charge in [-0.3, -0.25) is 0 Å². The van der Waals surface area contributed by atoms with E-state index in [2.05, 4.69) is 62.1 Å². The van der Waals surface area contributed by atoms with E-state index in [-0.39, 0.29) is 51.4 Å². The number of rotatable bonds is 0. The summed E-state index contributed by atoms with van der Waals surface area (Å²) in [6, 6.07) is 0. The molecule has 8 rings (SSSR count). The van der Waals surface area contributed by atoms with E-state index in [1.807, 2.05) is 0 Å². The predicted molar refractivity (Wildman–Crippen MR) is 127 cm³/mol. The molecule has 0 aromatic rings. The normalized spacial score (nSPS) is 30.5. The molecule has 0 N–H and O–H groups in total. The Morgan fingerprint density at radius 2 is 0.455 bits per heavy atom. The maximum Gasteiger partial charge on any atom is 0 e. The van der Waals surface area contributed by atoms with Crippen LogP contribution in [-0.2, 0) is 26.2 Å². The standard InChI is InChI=1S/4C5H9N3.Zr/c4*1-3-8-4-2-7-5(8)6-1;/h4*5H,1-4H2;/q4*-2;. The minimum atomic E-state index is 0. The molecule has 12 nitrogen and oxygen atoms in total. The summed E-state index contributed by atoms with van der Waals surface area (Å²) in [5, 5.41) is 34.1. The van der Waals surface area contributed by atoms with Crippen LogP contribution in [0.5, 0.6) is 0 Å². The SMILES string of the molecule is C1CN2CC[N-]C2[N-]1.C1CN2CC[N-]C2[N-]1.C1CN2CC[N-]C2[N-]1.C1CN2CC[N-]C2[N-]1.[Zr]. The molecule has 0 aromatic carbocycles. The molecule has 188 valence electrons. The first kappa shape index (κ1) is 26.5. The zero-order valence-corrected chi connectivity index (χ0v) is 21.9. The van der Waals surface area contributed by atoms with Crippen molar-refractivity contribution in [1.82, 2.24) is 19.6 Å². The van der Waals surface area contributed by atoms with E-state index in [4.69, 9.17) is 0 Å². The van der Waals surface area contributed by atoms with Crippen LogP contribution in [0, 0.1) is 0 Å². The first-order valence-corrected chi connectivity index (χ1v) is 12.2. The van der Waals surface area contributed by atoms with Crippen molar-refractivity contribution in [2.24, 2.45) is 0 Å². The zero-order valence-electron chi connectivity index (χ0n) is 19.5. The molecule has 0 saturated carbocycles. The molecule has 33 heavy (non-hydrogen) atoms. The van der Waals surface area contributed by atoms with Crippen LogP contribution < -0.4 is 0 Å². The average molecular weight is 536 g/mol. The summed E-state index contributed by atoms with van der Waals surface area (Å²) in [6.07, 6.45) is 1.04. The third-order valence-corrected chi connectivity index (χ3v) is 6.74. The van der Waals surface area contributed by atoms with Crippen molar-refractivity contribution in [3.63, 3.8) is 0 Å². The van der Waals surface area contributed by atoms with Gasteiger partial charge in [0.25, 0.3) is 0 Å². The van der Waals surface area contributed by atoms with Gasteiger partial charge in [0.2, 0.25) is 0 Å². The number of hydrogen-bond donors (Lipinski definition) is 0. The largest absolute Gasteiger partial charge is 0.665 e. The minimum absolute atomic E-state index is 0. The van der Waals surface area contributed by atoms with E-state index >= 15 is 0 Å². The van der Waals surface area contributed by atoms with Gasteiger partial charge in [0.15, 0.2) is 0 Å². The smallest absolute Gasteiger partial charge is 0 e. The first-order chi connectivity index (χ1) is 15.9. The van der Waals surface area contributed by atoms with E-state index in [1.165, 1.54) is 0 Å². The second-order valence-corrected chi connectivity index (χ2v) is 8.78. The fraction of sp³-hybridized carbons (Fsp3) is 1.00. The fourth-order valence-corrected chi connectivity index (χ4v) is 4.94. The number of nitrogens with zero attached hydrogens (tertiary/aromatic N) is 12. The molecule has 0 atom stereocenters. The Kier molecular flexibility index (Phi) is 10.9. The molecule has 8 fully saturated rings. The van der Waals surface area contributed by atoms with E-state index in [1.54, 1.807) is 0 Å². The van der Waals surface area contributed by atoms with Crippen LogP contribution in [-0.4, -0.2) is 149 Å². The monoisotopic (exact) mass is 534 g/mol. The summed E-state index contributed by atoms with van der Waals surface area (Å²) in [7, 11) is 0. The van der Waals surface area contributed by atoms with Crippen molar-refractivity contribution in [3.8, 4) is 0 Å². The van der Waals surface area contributed by atoms with Crippen molar-refractivity contribution >= 4 is 0 Å². The Bertz CT molecular complexity index is 397. The molecule has 0 aliphatic carbocycles. The molecule has 13 heteroatoms. The summed E-state index contributed by atoms with van der Waals surface area (Å²) in [5.41, 5.74) is 0. The Labute approximate surface area is 217 Å². The first-order valence-electron chi connectivity index (χ1n) is 12.2. The second kappa shape index (κ2) is 13.6. The van der Waals surface area contributed by atoms with Gasteiger partial charge < -0.3 is 62.1 Å². The quantitative estimate of drug-likeness (QED) is 0.464. The van der Waals surface area contributed by atoms with Crippen molar-refractivity contribution < 1.29 is 26.2 Å². The van der Waals surface area contributed by atoms with Crippen molar-refractivity contribution in [2.45, 2.75) is 25.2 Å². The van der Waals surface area contributed by atoms with Crippen LogP contribution in [0.15, 0.2) is 0 Å². The molecule has 0 amide bonds. The average Bonchev–Trinajstić information content (AvgIpc) is 3.57. The predicted octanol–water partition coefficient (Wildman–Crippen LogP) is 1.38. The van der Waals surface area contributed by atoms with E-state index in [0.717, 1.165) is 105 Å². The van der Waals surface area contributed by atoms with Crippen LogP contribution in [0.25, 0.3) is 42.5 Å². The van der Waals surface area contributed by atoms with Crippen LogP contribution >= 0.6 is 0 Å². The van der Waals surface area contributed by atoms with Crippen LogP contribution in [0.3, 0.4) is 0 Å². The second-order valence-electron chi connectivity index (χ2n) is 8.78. The maximum absolute atomic E-state index is 4.26. The van der Waals surface area contributed by atoms with Crippen molar-refractivity contribution in [1.29, 1.82) is 0 Å². The molecule has 0 spiro atoms. The molecule has 0 aromatic heterocycles. The minimum Gasteiger partial charge on any atom is -0.665 e. The van der Waals surface area contributed by atoms with Gasteiger partial charge in [-0.25, -0.2) is 0 Å².